The SMILES string of the molecule is CCCc1nn(C)c2c(NCc3ccc(OC)c(Cl)c3)nc(CCCCC(=O)OC)nc12. The van der Waals surface area contributed by atoms with Gasteiger partial charge in [0.25, 0.3) is 0 Å². The van der Waals surface area contributed by atoms with E-state index >= 15 is 0 Å². The number of nitrogens with zero attached hydrogens (tertiary/aromatic N) is 4. The number of ether oxygens (including phenoxy) is 2. The molecule has 0 bridgehead atoms. The van der Waals surface area contributed by atoms with Crippen LogP contribution >= 0.6 is 11.6 Å². The van der Waals surface area contributed by atoms with Crippen molar-refractivity contribution in [1.82, 2.24) is 19.7 Å². The first-order chi connectivity index (χ1) is 15.5. The van der Waals surface area contributed by atoms with Crippen molar-refractivity contribution in [2.24, 2.45) is 7.05 Å². The van der Waals surface area contributed by atoms with Crippen LogP contribution in [0.2, 0.25) is 5.02 Å². The van der Waals surface area contributed by atoms with E-state index in [4.69, 9.17) is 31.0 Å². The molecule has 1 aromatic carbocycles. The second-order valence-electron chi connectivity index (χ2n) is 7.61. The minimum Gasteiger partial charge on any atom is -0.495 e. The molecule has 0 atom stereocenters. The fourth-order valence-corrected chi connectivity index (χ4v) is 3.87. The number of unbranched alkanes of at least 4 members (excludes halogenated alkanes) is 1. The number of nitrogens with one attached hydrogen (secondary N) is 1. The maximum atomic E-state index is 11.4. The Hall–Kier alpha value is -2.87. The molecule has 32 heavy (non-hydrogen) atoms. The molecular weight excluding hydrogens is 430 g/mol. The molecule has 0 spiro atoms. The Labute approximate surface area is 193 Å². The largest absolute Gasteiger partial charge is 0.495 e. The molecule has 3 rings (SSSR count). The second kappa shape index (κ2) is 11.1. The lowest BCUT2D eigenvalue weighted by Crippen LogP contribution is -2.08. The van der Waals surface area contributed by atoms with Crippen LogP contribution in [0.4, 0.5) is 5.82 Å². The number of aromatic nitrogens is 4. The number of anilines is 1. The summed E-state index contributed by atoms with van der Waals surface area (Å²) in [4.78, 5) is 21.0. The average molecular weight is 460 g/mol. The van der Waals surface area contributed by atoms with Crippen LogP contribution in [0, 0.1) is 0 Å². The first-order valence-corrected chi connectivity index (χ1v) is 11.2. The van der Waals surface area contributed by atoms with Gasteiger partial charge in [0.2, 0.25) is 0 Å². The van der Waals surface area contributed by atoms with E-state index in [1.165, 1.54) is 7.11 Å². The summed E-state index contributed by atoms with van der Waals surface area (Å²) in [6.45, 7) is 2.67. The maximum Gasteiger partial charge on any atom is 0.305 e. The molecule has 0 aliphatic heterocycles. The molecule has 9 heteroatoms. The highest BCUT2D eigenvalue weighted by Crippen LogP contribution is 2.27. The van der Waals surface area contributed by atoms with E-state index in [9.17, 15) is 4.79 Å². The lowest BCUT2D eigenvalue weighted by molar-refractivity contribution is -0.140. The van der Waals surface area contributed by atoms with E-state index in [1.54, 1.807) is 7.11 Å². The average Bonchev–Trinajstić information content (AvgIpc) is 3.10. The highest BCUT2D eigenvalue weighted by Gasteiger charge is 2.17. The monoisotopic (exact) mass is 459 g/mol. The third-order valence-electron chi connectivity index (χ3n) is 5.22. The van der Waals surface area contributed by atoms with Crippen molar-refractivity contribution < 1.29 is 14.3 Å². The number of fused-ring (bicyclic) bond motifs is 1. The first kappa shape index (κ1) is 23.8. The highest BCUT2D eigenvalue weighted by atomic mass is 35.5. The Morgan fingerprint density at radius 2 is 2.00 bits per heavy atom. The second-order valence-corrected chi connectivity index (χ2v) is 8.02. The van der Waals surface area contributed by atoms with Gasteiger partial charge in [-0.3, -0.25) is 9.48 Å². The Balaban J connectivity index is 1.85. The number of esters is 1. The van der Waals surface area contributed by atoms with Gasteiger partial charge in [0.05, 0.1) is 24.9 Å². The van der Waals surface area contributed by atoms with Gasteiger partial charge in [-0.15, -0.1) is 0 Å². The molecule has 0 unspecified atom stereocenters. The summed E-state index contributed by atoms with van der Waals surface area (Å²) in [7, 11) is 4.92. The standard InChI is InChI=1S/C23H30ClN5O3/c1-5-8-17-21-22(29(2)28-17)23(25-14-15-11-12-18(31-3)16(24)13-15)27-19(26-21)9-6-7-10-20(30)32-4/h11-13H,5-10,14H2,1-4H3,(H,25,26,27). The maximum absolute atomic E-state index is 11.4. The van der Waals surface area contributed by atoms with Gasteiger partial charge in [0.15, 0.2) is 5.82 Å². The van der Waals surface area contributed by atoms with Crippen molar-refractivity contribution in [3.8, 4) is 5.75 Å². The molecule has 0 aliphatic carbocycles. The van der Waals surface area contributed by atoms with Crippen LogP contribution in [0.1, 0.15) is 49.7 Å². The van der Waals surface area contributed by atoms with Gasteiger partial charge in [-0.1, -0.05) is 31.0 Å². The van der Waals surface area contributed by atoms with Gasteiger partial charge in [0.1, 0.15) is 22.6 Å². The summed E-state index contributed by atoms with van der Waals surface area (Å²) in [6.07, 6.45) is 4.45. The third kappa shape index (κ3) is 5.68. The van der Waals surface area contributed by atoms with E-state index in [1.807, 2.05) is 29.9 Å². The molecule has 2 aromatic heterocycles. The van der Waals surface area contributed by atoms with E-state index < -0.39 is 0 Å². The number of benzene rings is 1. The van der Waals surface area contributed by atoms with Gasteiger partial charge in [-0.25, -0.2) is 9.97 Å². The van der Waals surface area contributed by atoms with Crippen LogP contribution in [0.25, 0.3) is 11.0 Å². The summed E-state index contributed by atoms with van der Waals surface area (Å²) in [6, 6.07) is 5.70. The molecule has 0 amide bonds. The van der Waals surface area contributed by atoms with E-state index in [0.717, 1.165) is 59.6 Å². The van der Waals surface area contributed by atoms with Crippen molar-refractivity contribution in [1.29, 1.82) is 0 Å². The molecule has 0 saturated heterocycles. The van der Waals surface area contributed by atoms with Crippen LogP contribution < -0.4 is 10.1 Å². The summed E-state index contributed by atoms with van der Waals surface area (Å²) >= 11 is 6.27. The minimum absolute atomic E-state index is 0.195. The van der Waals surface area contributed by atoms with Crippen LogP contribution in [0.3, 0.4) is 0 Å². The summed E-state index contributed by atoms with van der Waals surface area (Å²) < 4.78 is 11.8. The number of hydrogen-bond donors (Lipinski definition) is 1. The van der Waals surface area contributed by atoms with E-state index in [0.29, 0.717) is 30.2 Å². The topological polar surface area (TPSA) is 91.2 Å². The summed E-state index contributed by atoms with van der Waals surface area (Å²) in [5, 5.41) is 8.68. The van der Waals surface area contributed by atoms with Crippen molar-refractivity contribution in [2.75, 3.05) is 19.5 Å². The molecule has 0 radical (unpaired) electrons. The number of methoxy groups -OCH3 is 2. The molecule has 172 valence electrons. The zero-order valence-corrected chi connectivity index (χ0v) is 19.8. The fourth-order valence-electron chi connectivity index (χ4n) is 3.59. The highest BCUT2D eigenvalue weighted by molar-refractivity contribution is 6.32. The quantitative estimate of drug-likeness (QED) is 0.334. The Bertz CT molecular complexity index is 1080. The van der Waals surface area contributed by atoms with E-state index in [-0.39, 0.29) is 5.97 Å². The van der Waals surface area contributed by atoms with Gasteiger partial charge in [0, 0.05) is 26.4 Å². The predicted molar refractivity (Wildman–Crippen MR) is 125 cm³/mol. The minimum atomic E-state index is -0.195. The lowest BCUT2D eigenvalue weighted by Gasteiger charge is -2.11. The molecule has 1 N–H and O–H groups in total. The molecule has 3 aromatic rings. The first-order valence-electron chi connectivity index (χ1n) is 10.8. The van der Waals surface area contributed by atoms with Gasteiger partial charge >= 0.3 is 5.97 Å². The van der Waals surface area contributed by atoms with Crippen molar-refractivity contribution >= 4 is 34.4 Å². The van der Waals surface area contributed by atoms with E-state index in [2.05, 4.69) is 17.3 Å². The number of aryl methyl sites for hydroxylation is 3. The fraction of sp³-hybridized carbons (Fsp3) is 0.478. The third-order valence-corrected chi connectivity index (χ3v) is 5.52. The predicted octanol–water partition coefficient (Wildman–Crippen LogP) is 4.48. The zero-order valence-electron chi connectivity index (χ0n) is 19.1. The van der Waals surface area contributed by atoms with Gasteiger partial charge < -0.3 is 14.8 Å². The van der Waals surface area contributed by atoms with Crippen LogP contribution in [0.5, 0.6) is 5.75 Å². The molecular formula is C23H30ClN5O3. The summed E-state index contributed by atoms with van der Waals surface area (Å²) in [5.41, 5.74) is 3.74. The lowest BCUT2D eigenvalue weighted by atomic mass is 10.1. The van der Waals surface area contributed by atoms with Gasteiger partial charge in [-0.2, -0.15) is 5.10 Å². The van der Waals surface area contributed by atoms with Crippen molar-refractivity contribution in [3.05, 3.63) is 40.3 Å². The van der Waals surface area contributed by atoms with Crippen molar-refractivity contribution in [2.45, 2.75) is 52.0 Å². The molecule has 0 saturated carbocycles. The number of carbonyl (C=O) groups excluding carboxylic acids is 1. The van der Waals surface area contributed by atoms with Crippen LogP contribution in [-0.4, -0.2) is 39.9 Å². The zero-order chi connectivity index (χ0) is 23.1. The van der Waals surface area contributed by atoms with Crippen LogP contribution in [0.15, 0.2) is 18.2 Å². The summed E-state index contributed by atoms with van der Waals surface area (Å²) in [5.74, 6) is 1.93. The van der Waals surface area contributed by atoms with Crippen LogP contribution in [-0.2, 0) is 36.0 Å². The number of rotatable bonds is 11. The number of carbonyl (C=O) groups is 1. The smallest absolute Gasteiger partial charge is 0.305 e. The molecule has 8 nitrogen and oxygen atoms in total. The normalized spacial score (nSPS) is 11.0. The van der Waals surface area contributed by atoms with Gasteiger partial charge in [-0.05, 0) is 37.0 Å². The number of halogens is 1. The Kier molecular flexibility index (Phi) is 8.27. The van der Waals surface area contributed by atoms with Crippen molar-refractivity contribution in [3.63, 3.8) is 0 Å². The molecule has 2 heterocycles. The Morgan fingerprint density at radius 3 is 2.69 bits per heavy atom. The molecule has 0 fully saturated rings. The Morgan fingerprint density at radius 1 is 1.19 bits per heavy atom. The molecule has 0 aliphatic rings. The number of hydrogen-bond acceptors (Lipinski definition) is 7.